The number of fused-ring (bicyclic) bond motifs is 1. The van der Waals surface area contributed by atoms with E-state index in [1.54, 1.807) is 0 Å². The monoisotopic (exact) mass is 260 g/mol. The number of hydrogen-bond donors (Lipinski definition) is 2. The van der Waals surface area contributed by atoms with E-state index < -0.39 is 0 Å². The van der Waals surface area contributed by atoms with Gasteiger partial charge in [-0.3, -0.25) is 0 Å². The van der Waals surface area contributed by atoms with Gasteiger partial charge in [-0.1, -0.05) is 0 Å². The van der Waals surface area contributed by atoms with E-state index in [4.69, 9.17) is 11.0 Å². The highest BCUT2D eigenvalue weighted by Gasteiger charge is 2.19. The minimum atomic E-state index is 0.266. The number of piperazine rings is 1. The van der Waals surface area contributed by atoms with Gasteiger partial charge in [0.25, 0.3) is 0 Å². The van der Waals surface area contributed by atoms with Crippen molar-refractivity contribution in [2.24, 2.45) is 0 Å². The van der Waals surface area contributed by atoms with E-state index in [1.807, 2.05) is 5.38 Å². The van der Waals surface area contributed by atoms with Crippen LogP contribution in [0.1, 0.15) is 5.56 Å². The highest BCUT2D eigenvalue weighted by molar-refractivity contribution is 7.17. The minimum Gasteiger partial charge on any atom is -0.368 e. The largest absolute Gasteiger partial charge is 0.368 e. The maximum atomic E-state index is 9.16. The molecule has 3 rings (SSSR count). The smallest absolute Gasteiger partial charge is 0.223 e. The van der Waals surface area contributed by atoms with E-state index in [1.165, 1.54) is 11.3 Å². The number of hydrogen-bond acceptors (Lipinski definition) is 7. The van der Waals surface area contributed by atoms with Crippen LogP contribution in [0.2, 0.25) is 0 Å². The van der Waals surface area contributed by atoms with Gasteiger partial charge in [-0.2, -0.15) is 10.2 Å². The molecule has 0 bridgehead atoms. The van der Waals surface area contributed by atoms with Gasteiger partial charge in [-0.05, 0) is 0 Å². The SMILES string of the molecule is N#Cc1csc2nc(N)nc(N3CCNCC3)c12. The molecule has 0 aromatic carbocycles. The van der Waals surface area contributed by atoms with E-state index in [0.29, 0.717) is 5.56 Å². The number of nitrogens with two attached hydrogens (primary N) is 1. The Hall–Kier alpha value is -1.91. The molecular weight excluding hydrogens is 248 g/mol. The van der Waals surface area contributed by atoms with Crippen LogP contribution in [0.5, 0.6) is 0 Å². The molecule has 1 fully saturated rings. The van der Waals surface area contributed by atoms with Crippen molar-refractivity contribution < 1.29 is 0 Å². The quantitative estimate of drug-likeness (QED) is 0.778. The van der Waals surface area contributed by atoms with Crippen molar-refractivity contribution in [1.82, 2.24) is 15.3 Å². The minimum absolute atomic E-state index is 0.266. The molecule has 0 spiro atoms. The Morgan fingerprint density at radius 3 is 2.89 bits per heavy atom. The summed E-state index contributed by atoms with van der Waals surface area (Å²) in [6, 6.07) is 2.20. The molecule has 6 nitrogen and oxygen atoms in total. The Bertz CT molecular complexity index is 622. The Labute approximate surface area is 108 Å². The Kier molecular flexibility index (Phi) is 2.74. The lowest BCUT2D eigenvalue weighted by Crippen LogP contribution is -2.44. The molecule has 0 saturated carbocycles. The number of anilines is 2. The number of rotatable bonds is 1. The number of nitriles is 1. The second-order valence-electron chi connectivity index (χ2n) is 4.08. The number of nitrogens with one attached hydrogen (secondary N) is 1. The van der Waals surface area contributed by atoms with Gasteiger partial charge in [-0.25, -0.2) is 4.98 Å². The van der Waals surface area contributed by atoms with Gasteiger partial charge in [-0.15, -0.1) is 11.3 Å². The van der Waals surface area contributed by atoms with Crippen LogP contribution in [-0.2, 0) is 0 Å². The predicted octanol–water partition coefficient (Wildman–Crippen LogP) is 0.555. The molecule has 0 amide bonds. The standard InChI is InChI=1S/C11H12N6S/c12-5-7-6-18-10-8(7)9(15-11(13)16-10)17-3-1-14-2-4-17/h6,14H,1-4H2,(H2,13,15,16). The molecule has 3 heterocycles. The number of aromatic nitrogens is 2. The lowest BCUT2D eigenvalue weighted by Gasteiger charge is -2.28. The van der Waals surface area contributed by atoms with Crippen LogP contribution in [0, 0.1) is 11.3 Å². The first-order valence-electron chi connectivity index (χ1n) is 5.70. The highest BCUT2D eigenvalue weighted by atomic mass is 32.1. The summed E-state index contributed by atoms with van der Waals surface area (Å²) in [6.07, 6.45) is 0. The molecule has 0 unspecified atom stereocenters. The summed E-state index contributed by atoms with van der Waals surface area (Å²) in [5.74, 6) is 1.05. The highest BCUT2D eigenvalue weighted by Crippen LogP contribution is 2.32. The molecule has 92 valence electrons. The van der Waals surface area contributed by atoms with E-state index in [-0.39, 0.29) is 5.95 Å². The molecule has 3 N–H and O–H groups in total. The maximum Gasteiger partial charge on any atom is 0.223 e. The van der Waals surface area contributed by atoms with Crippen LogP contribution in [0.15, 0.2) is 5.38 Å². The fraction of sp³-hybridized carbons (Fsp3) is 0.364. The van der Waals surface area contributed by atoms with Crippen LogP contribution in [0.4, 0.5) is 11.8 Å². The first kappa shape index (κ1) is 11.2. The number of thiophene rings is 1. The van der Waals surface area contributed by atoms with E-state index in [0.717, 1.165) is 42.2 Å². The molecular formula is C11H12N6S. The summed E-state index contributed by atoms with van der Waals surface area (Å²) >= 11 is 1.43. The second kappa shape index (κ2) is 4.40. The van der Waals surface area contributed by atoms with E-state index in [2.05, 4.69) is 26.3 Å². The Morgan fingerprint density at radius 2 is 2.17 bits per heavy atom. The fourth-order valence-corrected chi connectivity index (χ4v) is 2.99. The fourth-order valence-electron chi connectivity index (χ4n) is 2.13. The van der Waals surface area contributed by atoms with Gasteiger partial charge in [0.1, 0.15) is 16.7 Å². The van der Waals surface area contributed by atoms with Crippen molar-refractivity contribution >= 4 is 33.3 Å². The van der Waals surface area contributed by atoms with Crippen molar-refractivity contribution in [3.05, 3.63) is 10.9 Å². The molecule has 2 aromatic rings. The lowest BCUT2D eigenvalue weighted by atomic mass is 10.2. The number of nitrogen functional groups attached to an aromatic ring is 1. The predicted molar refractivity (Wildman–Crippen MR) is 71.6 cm³/mol. The third-order valence-electron chi connectivity index (χ3n) is 2.97. The zero-order valence-corrected chi connectivity index (χ0v) is 10.5. The van der Waals surface area contributed by atoms with Gasteiger partial charge in [0, 0.05) is 31.6 Å². The number of nitrogens with zero attached hydrogens (tertiary/aromatic N) is 4. The van der Waals surface area contributed by atoms with Crippen LogP contribution in [0.25, 0.3) is 10.2 Å². The molecule has 0 radical (unpaired) electrons. The van der Waals surface area contributed by atoms with Crippen LogP contribution in [0.3, 0.4) is 0 Å². The molecule has 2 aromatic heterocycles. The van der Waals surface area contributed by atoms with Crippen molar-refractivity contribution in [1.29, 1.82) is 5.26 Å². The van der Waals surface area contributed by atoms with Crippen molar-refractivity contribution in [3.63, 3.8) is 0 Å². The molecule has 1 aliphatic rings. The van der Waals surface area contributed by atoms with Crippen LogP contribution < -0.4 is 16.0 Å². The normalized spacial score (nSPS) is 15.8. The Balaban J connectivity index is 2.19. The molecule has 1 saturated heterocycles. The van der Waals surface area contributed by atoms with Gasteiger partial charge in [0.2, 0.25) is 5.95 Å². The van der Waals surface area contributed by atoms with Gasteiger partial charge >= 0.3 is 0 Å². The summed E-state index contributed by atoms with van der Waals surface area (Å²) in [4.78, 5) is 11.5. The zero-order valence-electron chi connectivity index (χ0n) is 9.68. The summed E-state index contributed by atoms with van der Waals surface area (Å²) in [5.41, 5.74) is 6.37. The first-order chi connectivity index (χ1) is 8.79. The average molecular weight is 260 g/mol. The zero-order chi connectivity index (χ0) is 12.5. The van der Waals surface area contributed by atoms with Crippen molar-refractivity contribution in [2.75, 3.05) is 36.8 Å². The summed E-state index contributed by atoms with van der Waals surface area (Å²) < 4.78 is 0. The van der Waals surface area contributed by atoms with Crippen LogP contribution in [-0.4, -0.2) is 36.1 Å². The average Bonchev–Trinajstić information content (AvgIpc) is 2.81. The van der Waals surface area contributed by atoms with Gasteiger partial charge < -0.3 is 16.0 Å². The second-order valence-corrected chi connectivity index (χ2v) is 4.94. The maximum absolute atomic E-state index is 9.16. The topological polar surface area (TPSA) is 90.9 Å². The summed E-state index contributed by atoms with van der Waals surface area (Å²) in [5, 5.41) is 15.1. The first-order valence-corrected chi connectivity index (χ1v) is 6.58. The van der Waals surface area contributed by atoms with Gasteiger partial charge in [0.05, 0.1) is 10.9 Å². The molecule has 0 atom stereocenters. The lowest BCUT2D eigenvalue weighted by molar-refractivity contribution is 0.586. The van der Waals surface area contributed by atoms with Crippen molar-refractivity contribution in [2.45, 2.75) is 0 Å². The van der Waals surface area contributed by atoms with Crippen LogP contribution >= 0.6 is 11.3 Å². The third-order valence-corrected chi connectivity index (χ3v) is 3.84. The van der Waals surface area contributed by atoms with E-state index >= 15 is 0 Å². The van der Waals surface area contributed by atoms with Gasteiger partial charge in [0.15, 0.2) is 0 Å². The molecule has 7 heteroatoms. The third kappa shape index (κ3) is 1.75. The molecule has 18 heavy (non-hydrogen) atoms. The molecule has 0 aliphatic carbocycles. The van der Waals surface area contributed by atoms with Crippen molar-refractivity contribution in [3.8, 4) is 6.07 Å². The van der Waals surface area contributed by atoms with E-state index in [9.17, 15) is 0 Å². The molecule has 1 aliphatic heterocycles. The summed E-state index contributed by atoms with van der Waals surface area (Å²) in [6.45, 7) is 3.56. The Morgan fingerprint density at radius 1 is 1.39 bits per heavy atom. The summed E-state index contributed by atoms with van der Waals surface area (Å²) in [7, 11) is 0.